The maximum Gasteiger partial charge on any atom is 0.293 e. The Morgan fingerprint density at radius 1 is 0.948 bits per heavy atom. The summed E-state index contributed by atoms with van der Waals surface area (Å²) in [5.41, 5.74) is 4.45. The molecule has 2 N–H and O–H groups in total. The van der Waals surface area contributed by atoms with E-state index in [1.165, 1.54) is 41.0 Å². The highest BCUT2D eigenvalue weighted by molar-refractivity contribution is 7.90. The van der Waals surface area contributed by atoms with Crippen LogP contribution in [0.4, 0.5) is 17.1 Å². The van der Waals surface area contributed by atoms with Crippen molar-refractivity contribution in [3.05, 3.63) is 122 Å². The first kappa shape index (κ1) is 42.9. The number of benzene rings is 4. The molecule has 1 aliphatic heterocycles. The lowest BCUT2D eigenvalue weighted by molar-refractivity contribution is -0.384. The summed E-state index contributed by atoms with van der Waals surface area (Å²) in [7, 11) is -0.825. The number of nitro groups is 1. The molecule has 58 heavy (non-hydrogen) atoms. The molecule has 0 aromatic heterocycles. The van der Waals surface area contributed by atoms with Gasteiger partial charge in [-0.1, -0.05) is 73.0 Å². The van der Waals surface area contributed by atoms with E-state index >= 15 is 0 Å². The lowest BCUT2D eigenvalue weighted by Gasteiger charge is -2.39. The van der Waals surface area contributed by atoms with Crippen molar-refractivity contribution in [1.29, 1.82) is 0 Å². The zero-order chi connectivity index (χ0) is 41.6. The van der Waals surface area contributed by atoms with Gasteiger partial charge in [-0.05, 0) is 105 Å². The molecule has 2 aliphatic rings. The average molecular weight is 850 g/mol. The van der Waals surface area contributed by atoms with Crippen LogP contribution >= 0.6 is 23.2 Å². The van der Waals surface area contributed by atoms with Gasteiger partial charge in [0.25, 0.3) is 21.6 Å². The van der Waals surface area contributed by atoms with Gasteiger partial charge < -0.3 is 19.9 Å². The minimum absolute atomic E-state index is 0.0568. The van der Waals surface area contributed by atoms with E-state index in [2.05, 4.69) is 45.8 Å². The van der Waals surface area contributed by atoms with E-state index in [4.69, 9.17) is 27.9 Å². The van der Waals surface area contributed by atoms with Crippen molar-refractivity contribution in [2.24, 2.45) is 5.41 Å². The van der Waals surface area contributed by atoms with Gasteiger partial charge in [0, 0.05) is 62.1 Å². The zero-order valence-electron chi connectivity index (χ0n) is 33.3. The van der Waals surface area contributed by atoms with Crippen LogP contribution in [0.25, 0.3) is 5.57 Å². The van der Waals surface area contributed by atoms with E-state index in [0.29, 0.717) is 18.0 Å². The topological polar surface area (TPSA) is 137 Å². The Kier molecular flexibility index (Phi) is 13.7. The second kappa shape index (κ2) is 18.5. The van der Waals surface area contributed by atoms with Crippen LogP contribution < -0.4 is 19.7 Å². The molecular weight excluding hydrogens is 799 g/mol. The number of nitrogens with zero attached hydrogens (tertiary/aromatic N) is 4. The molecule has 0 spiro atoms. The van der Waals surface area contributed by atoms with Crippen LogP contribution in [0.15, 0.2) is 95.4 Å². The second-order valence-electron chi connectivity index (χ2n) is 15.8. The Hall–Kier alpha value is -4.66. The van der Waals surface area contributed by atoms with E-state index in [0.717, 1.165) is 62.7 Å². The predicted molar refractivity (Wildman–Crippen MR) is 232 cm³/mol. The highest BCUT2D eigenvalue weighted by Gasteiger charge is 2.31. The summed E-state index contributed by atoms with van der Waals surface area (Å²) in [6.07, 6.45) is 3.79. The summed E-state index contributed by atoms with van der Waals surface area (Å²) in [5.74, 6) is -0.584. The largest absolute Gasteiger partial charge is 0.455 e. The van der Waals surface area contributed by atoms with Gasteiger partial charge in [-0.3, -0.25) is 19.8 Å². The van der Waals surface area contributed by atoms with Gasteiger partial charge in [-0.2, -0.15) is 0 Å². The normalized spacial score (nSPS) is 16.0. The number of halogens is 2. The molecule has 1 saturated heterocycles. The monoisotopic (exact) mass is 848 g/mol. The van der Waals surface area contributed by atoms with Gasteiger partial charge in [-0.15, -0.1) is 0 Å². The first-order valence-electron chi connectivity index (χ1n) is 19.3. The lowest BCUT2D eigenvalue weighted by atomic mass is 9.72. The summed E-state index contributed by atoms with van der Waals surface area (Å²) >= 11 is 12.7. The molecule has 0 atom stereocenters. The highest BCUT2D eigenvalue weighted by atomic mass is 35.5. The fourth-order valence-electron chi connectivity index (χ4n) is 7.44. The number of piperazine rings is 1. The van der Waals surface area contributed by atoms with Gasteiger partial charge in [0.2, 0.25) is 0 Å². The maximum absolute atomic E-state index is 13.9. The van der Waals surface area contributed by atoms with Crippen molar-refractivity contribution in [2.45, 2.75) is 44.4 Å². The van der Waals surface area contributed by atoms with E-state index in [9.17, 15) is 23.3 Å². The van der Waals surface area contributed by atoms with Gasteiger partial charge >= 0.3 is 0 Å². The fraction of sp³-hybridized carbons (Fsp3) is 0.372. The zero-order valence-corrected chi connectivity index (χ0v) is 35.6. The molecule has 1 fully saturated rings. The SMILES string of the molecule is CN(C)CCCNc1c([N+](=O)[O-])cccc1S(=O)(=O)NC(=O)c1ccc(N2CCN(CC3=C(c4ccc(Cl)cc4)CC(C)(C)CC3)CC2)cc1Oc1ccccc1Cl. The summed E-state index contributed by atoms with van der Waals surface area (Å²) in [5, 5.41) is 15.9. The first-order chi connectivity index (χ1) is 27.6. The maximum atomic E-state index is 13.9. The number of hydrogen-bond acceptors (Lipinski definition) is 10. The van der Waals surface area contributed by atoms with Crippen molar-refractivity contribution < 1.29 is 22.9 Å². The Labute approximate surface area is 351 Å². The van der Waals surface area contributed by atoms with E-state index in [1.54, 1.807) is 36.4 Å². The third kappa shape index (κ3) is 10.7. The summed E-state index contributed by atoms with van der Waals surface area (Å²) < 4.78 is 36.0. The Morgan fingerprint density at radius 3 is 2.36 bits per heavy atom. The molecule has 0 saturated carbocycles. The van der Waals surface area contributed by atoms with Crippen molar-refractivity contribution >= 4 is 61.8 Å². The molecule has 12 nitrogen and oxygen atoms in total. The lowest BCUT2D eigenvalue weighted by Crippen LogP contribution is -2.47. The third-order valence-electron chi connectivity index (χ3n) is 10.6. The fourth-order valence-corrected chi connectivity index (χ4v) is 8.91. The minimum atomic E-state index is -4.61. The van der Waals surface area contributed by atoms with Crippen LogP contribution in [0.1, 0.15) is 55.5 Å². The number of carbonyl (C=O) groups excluding carboxylic acids is 1. The molecule has 0 radical (unpaired) electrons. The molecule has 4 aromatic carbocycles. The molecule has 0 bridgehead atoms. The van der Waals surface area contributed by atoms with Crippen LogP contribution in [0.3, 0.4) is 0 Å². The van der Waals surface area contributed by atoms with Gasteiger partial charge in [0.1, 0.15) is 22.1 Å². The number of nitro benzene ring substituents is 1. The number of nitrogens with one attached hydrogen (secondary N) is 2. The average Bonchev–Trinajstić information content (AvgIpc) is 3.18. The van der Waals surface area contributed by atoms with Crippen molar-refractivity contribution in [3.8, 4) is 11.5 Å². The number of para-hydroxylation sites is 2. The van der Waals surface area contributed by atoms with Crippen LogP contribution in [-0.2, 0) is 10.0 Å². The molecular formula is C43H50Cl2N6O6S. The van der Waals surface area contributed by atoms with Crippen LogP contribution in [0.5, 0.6) is 11.5 Å². The number of hydrogen-bond donors (Lipinski definition) is 2. The van der Waals surface area contributed by atoms with Gasteiger partial charge in [-0.25, -0.2) is 13.1 Å². The molecule has 6 rings (SSSR count). The Bertz CT molecular complexity index is 2280. The van der Waals surface area contributed by atoms with E-state index in [1.807, 2.05) is 31.1 Å². The van der Waals surface area contributed by atoms with Crippen molar-refractivity contribution in [2.75, 3.05) is 70.1 Å². The number of allylic oxidation sites excluding steroid dienone is 1. The summed E-state index contributed by atoms with van der Waals surface area (Å²) in [6, 6.07) is 23.7. The third-order valence-corrected chi connectivity index (χ3v) is 12.5. The highest BCUT2D eigenvalue weighted by Crippen LogP contribution is 2.43. The molecule has 308 valence electrons. The van der Waals surface area contributed by atoms with Crippen LogP contribution in [0.2, 0.25) is 10.0 Å². The van der Waals surface area contributed by atoms with Crippen molar-refractivity contribution in [1.82, 2.24) is 14.5 Å². The number of amides is 1. The van der Waals surface area contributed by atoms with Gasteiger partial charge in [0.05, 0.1) is 15.5 Å². The van der Waals surface area contributed by atoms with Crippen molar-refractivity contribution in [3.63, 3.8) is 0 Å². The number of carbonyl (C=O) groups is 1. The minimum Gasteiger partial charge on any atom is -0.455 e. The number of ether oxygens (including phenoxy) is 1. The number of anilines is 2. The summed E-state index contributed by atoms with van der Waals surface area (Å²) in [6.45, 7) is 9.56. The number of rotatable bonds is 15. The molecule has 15 heteroatoms. The predicted octanol–water partition coefficient (Wildman–Crippen LogP) is 8.96. The standard InChI is InChI=1S/C43H50Cl2N6O6S/c1-43(2)20-19-31(35(28-43)30-13-15-32(44)16-14-30)29-49-23-25-50(26-24-49)33-17-18-34(39(27-33)57-38-11-6-5-9-36(38)45)42(52)47-58(55,56)40-12-7-10-37(51(53)54)41(40)46-21-8-22-48(3)4/h5-7,9-18,27,46H,8,19-26,28-29H2,1-4H3,(H,47,52). The number of sulfonamides is 1. The molecule has 1 heterocycles. The van der Waals surface area contributed by atoms with Crippen LogP contribution in [-0.4, -0.2) is 89.0 Å². The van der Waals surface area contributed by atoms with E-state index in [-0.39, 0.29) is 34.7 Å². The second-order valence-corrected chi connectivity index (χ2v) is 18.3. The first-order valence-corrected chi connectivity index (χ1v) is 21.6. The quantitative estimate of drug-likeness (QED) is 0.0678. The Morgan fingerprint density at radius 2 is 1.67 bits per heavy atom. The molecule has 1 amide bonds. The molecule has 1 aliphatic carbocycles. The Balaban J connectivity index is 1.22. The summed E-state index contributed by atoms with van der Waals surface area (Å²) in [4.78, 5) is 31.4. The smallest absolute Gasteiger partial charge is 0.293 e. The van der Waals surface area contributed by atoms with Gasteiger partial charge in [0.15, 0.2) is 0 Å². The molecule has 0 unspecified atom stereocenters. The molecule has 4 aromatic rings. The van der Waals surface area contributed by atoms with Crippen LogP contribution in [0, 0.1) is 15.5 Å². The van der Waals surface area contributed by atoms with E-state index < -0.39 is 31.4 Å².